The quantitative estimate of drug-likeness (QED) is 0.190. The Morgan fingerprint density at radius 3 is 1.41 bits per heavy atom. The van der Waals surface area contributed by atoms with Gasteiger partial charge in [0.1, 0.15) is 0 Å². The number of fused-ring (bicyclic) bond motifs is 9. The Morgan fingerprint density at radius 1 is 0.333 bits per heavy atom. The first kappa shape index (κ1) is 27.9. The van der Waals surface area contributed by atoms with Crippen LogP contribution in [-0.4, -0.2) is 23.7 Å². The largest absolute Gasteiger partial charge is 0.309 e. The van der Waals surface area contributed by atoms with Crippen LogP contribution < -0.4 is 0 Å². The van der Waals surface area contributed by atoms with Gasteiger partial charge < -0.3 is 9.13 Å². The molecule has 0 unspecified atom stereocenters. The summed E-state index contributed by atoms with van der Waals surface area (Å²) in [5.41, 5.74) is 11.0. The van der Waals surface area contributed by atoms with Crippen molar-refractivity contribution >= 4 is 65.4 Å². The molecule has 11 aromatic rings. The molecule has 0 fully saturated rings. The van der Waals surface area contributed by atoms with E-state index in [9.17, 15) is 0 Å². The van der Waals surface area contributed by atoms with Crippen LogP contribution in [0.15, 0.2) is 176 Å². The maximum Gasteiger partial charge on any atom is 0.235 e. The number of benzene rings is 7. The molecule has 5 heteroatoms. The van der Waals surface area contributed by atoms with E-state index in [1.165, 1.54) is 48.9 Å². The van der Waals surface area contributed by atoms with E-state index in [2.05, 4.69) is 177 Å². The minimum absolute atomic E-state index is 0.646. The molecule has 7 aromatic carbocycles. The van der Waals surface area contributed by atoms with Gasteiger partial charge in [0, 0.05) is 55.5 Å². The van der Waals surface area contributed by atoms with Gasteiger partial charge in [0.25, 0.3) is 0 Å². The van der Waals surface area contributed by atoms with Gasteiger partial charge in [0.15, 0.2) is 0 Å². The van der Waals surface area contributed by atoms with Gasteiger partial charge in [-0.2, -0.15) is 0 Å². The zero-order valence-corrected chi connectivity index (χ0v) is 27.5. The summed E-state index contributed by atoms with van der Waals surface area (Å²) in [6.07, 6.45) is 1.88. The molecule has 0 atom stereocenters. The monoisotopic (exact) mass is 651 g/mol. The highest BCUT2D eigenvalue weighted by atomic mass is 15.2. The lowest BCUT2D eigenvalue weighted by Crippen LogP contribution is -2.02. The second kappa shape index (κ2) is 10.8. The van der Waals surface area contributed by atoms with Crippen LogP contribution in [0.1, 0.15) is 0 Å². The highest BCUT2D eigenvalue weighted by Crippen LogP contribution is 2.40. The third-order valence-corrected chi connectivity index (χ3v) is 10.3. The van der Waals surface area contributed by atoms with Crippen molar-refractivity contribution in [3.63, 3.8) is 0 Å². The number of nitrogens with zero attached hydrogens (tertiary/aromatic N) is 5. The van der Waals surface area contributed by atoms with Crippen molar-refractivity contribution in [3.05, 3.63) is 176 Å². The summed E-state index contributed by atoms with van der Waals surface area (Å²) in [5.74, 6) is 0.646. The average Bonchev–Trinajstić information content (AvgIpc) is 3.83. The smallest absolute Gasteiger partial charge is 0.235 e. The zero-order valence-electron chi connectivity index (χ0n) is 27.5. The Labute approximate surface area is 292 Å². The maximum atomic E-state index is 5.28. The highest BCUT2D eigenvalue weighted by molar-refractivity contribution is 6.19. The van der Waals surface area contributed by atoms with Crippen LogP contribution in [0, 0.1) is 0 Å². The van der Waals surface area contributed by atoms with Crippen molar-refractivity contribution in [3.8, 4) is 28.6 Å². The lowest BCUT2D eigenvalue weighted by molar-refractivity contribution is 0.992. The van der Waals surface area contributed by atoms with E-state index in [4.69, 9.17) is 9.97 Å². The Hall–Kier alpha value is -6.98. The Balaban J connectivity index is 1.14. The third kappa shape index (κ3) is 4.09. The lowest BCUT2D eigenvalue weighted by Gasteiger charge is -2.10. The standard InChI is InChI=1S/C46H29N5/c1-3-13-31(14-4-1)49-40-20-10-7-17-33(40)36-27-30(23-24-43(36)49)39-25-26-47-46(48-39)51-42-22-12-9-19-35(42)38-28-37-34-18-8-11-21-41(34)50(44(37)29-45(38)51)32-15-5-2-6-16-32/h1-29H. The molecule has 51 heavy (non-hydrogen) atoms. The molecule has 0 amide bonds. The van der Waals surface area contributed by atoms with Gasteiger partial charge in [-0.05, 0) is 72.8 Å². The lowest BCUT2D eigenvalue weighted by atomic mass is 10.1. The third-order valence-electron chi connectivity index (χ3n) is 10.3. The SMILES string of the molecule is c1ccc(-n2c3ccccc3c3cc(-c4ccnc(-n5c6ccccc6c6cc7c8ccccc8n(-c8ccccc8)c7cc65)n4)ccc32)cc1. The summed E-state index contributed by atoms with van der Waals surface area (Å²) in [6, 6.07) is 60.4. The summed E-state index contributed by atoms with van der Waals surface area (Å²) in [7, 11) is 0. The average molecular weight is 652 g/mol. The van der Waals surface area contributed by atoms with E-state index in [1.54, 1.807) is 0 Å². The molecule has 0 N–H and O–H groups in total. The molecule has 0 spiro atoms. The zero-order chi connectivity index (χ0) is 33.5. The van der Waals surface area contributed by atoms with Crippen molar-refractivity contribution in [2.45, 2.75) is 0 Å². The summed E-state index contributed by atoms with van der Waals surface area (Å²) in [6.45, 7) is 0. The van der Waals surface area contributed by atoms with Gasteiger partial charge in [0.05, 0.1) is 38.8 Å². The van der Waals surface area contributed by atoms with E-state index in [0.29, 0.717) is 5.95 Å². The van der Waals surface area contributed by atoms with Gasteiger partial charge in [0.2, 0.25) is 5.95 Å². The minimum atomic E-state index is 0.646. The van der Waals surface area contributed by atoms with Gasteiger partial charge in [-0.25, -0.2) is 9.97 Å². The molecular formula is C46H29N5. The van der Waals surface area contributed by atoms with Crippen LogP contribution in [-0.2, 0) is 0 Å². The summed E-state index contributed by atoms with van der Waals surface area (Å²) in [4.78, 5) is 10.2. The number of para-hydroxylation sites is 5. The predicted molar refractivity (Wildman–Crippen MR) is 210 cm³/mol. The molecule has 5 nitrogen and oxygen atoms in total. The van der Waals surface area contributed by atoms with Gasteiger partial charge in [-0.15, -0.1) is 0 Å². The summed E-state index contributed by atoms with van der Waals surface area (Å²) in [5, 5.41) is 7.22. The summed E-state index contributed by atoms with van der Waals surface area (Å²) >= 11 is 0. The fourth-order valence-electron chi connectivity index (χ4n) is 8.11. The molecule has 0 saturated carbocycles. The topological polar surface area (TPSA) is 40.6 Å². The molecule has 11 rings (SSSR count). The van der Waals surface area contributed by atoms with Crippen LogP contribution in [0.4, 0.5) is 0 Å². The van der Waals surface area contributed by atoms with Crippen molar-refractivity contribution in [2.75, 3.05) is 0 Å². The number of hydrogen-bond acceptors (Lipinski definition) is 2. The van der Waals surface area contributed by atoms with Crippen LogP contribution in [0.5, 0.6) is 0 Å². The first-order valence-corrected chi connectivity index (χ1v) is 17.3. The molecule has 0 radical (unpaired) electrons. The normalized spacial score (nSPS) is 11.9. The van der Waals surface area contributed by atoms with E-state index in [1.807, 2.05) is 12.3 Å². The van der Waals surface area contributed by atoms with Crippen molar-refractivity contribution in [2.24, 2.45) is 0 Å². The van der Waals surface area contributed by atoms with Gasteiger partial charge in [-0.3, -0.25) is 4.57 Å². The van der Waals surface area contributed by atoms with E-state index in [-0.39, 0.29) is 0 Å². The van der Waals surface area contributed by atoms with Gasteiger partial charge in [-0.1, -0.05) is 97.1 Å². The molecular weight excluding hydrogens is 623 g/mol. The van der Waals surface area contributed by atoms with E-state index >= 15 is 0 Å². The molecule has 4 aromatic heterocycles. The van der Waals surface area contributed by atoms with Crippen LogP contribution in [0.25, 0.3) is 94.0 Å². The molecule has 4 heterocycles. The minimum Gasteiger partial charge on any atom is -0.309 e. The molecule has 0 aliphatic rings. The maximum absolute atomic E-state index is 5.28. The molecule has 0 aliphatic heterocycles. The van der Waals surface area contributed by atoms with E-state index in [0.717, 1.165) is 39.2 Å². The van der Waals surface area contributed by atoms with Crippen molar-refractivity contribution in [1.82, 2.24) is 23.7 Å². The first-order valence-electron chi connectivity index (χ1n) is 17.3. The van der Waals surface area contributed by atoms with E-state index < -0.39 is 0 Å². The highest BCUT2D eigenvalue weighted by Gasteiger charge is 2.20. The Morgan fingerprint density at radius 2 is 0.804 bits per heavy atom. The second-order valence-electron chi connectivity index (χ2n) is 13.1. The van der Waals surface area contributed by atoms with Crippen LogP contribution in [0.3, 0.4) is 0 Å². The number of rotatable bonds is 4. The molecule has 238 valence electrons. The molecule has 0 bridgehead atoms. The number of hydrogen-bond donors (Lipinski definition) is 0. The molecule has 0 aliphatic carbocycles. The Bertz CT molecular complexity index is 3130. The Kier molecular flexibility index (Phi) is 5.89. The van der Waals surface area contributed by atoms with Crippen LogP contribution in [0.2, 0.25) is 0 Å². The molecule has 0 saturated heterocycles. The number of aromatic nitrogens is 5. The van der Waals surface area contributed by atoms with Crippen molar-refractivity contribution in [1.29, 1.82) is 0 Å². The second-order valence-corrected chi connectivity index (χ2v) is 13.1. The van der Waals surface area contributed by atoms with Gasteiger partial charge >= 0.3 is 0 Å². The first-order chi connectivity index (χ1) is 25.3. The fraction of sp³-hybridized carbons (Fsp3) is 0. The fourth-order valence-corrected chi connectivity index (χ4v) is 8.11. The van der Waals surface area contributed by atoms with Crippen molar-refractivity contribution < 1.29 is 0 Å². The summed E-state index contributed by atoms with van der Waals surface area (Å²) < 4.78 is 6.93. The predicted octanol–water partition coefficient (Wildman–Crippen LogP) is 11.4. The van der Waals surface area contributed by atoms with Crippen LogP contribution >= 0.6 is 0 Å².